The molecule has 0 aliphatic heterocycles. The summed E-state index contributed by atoms with van der Waals surface area (Å²) in [7, 11) is -3.49. The molecule has 2 aromatic carbocycles. The molecule has 0 bridgehead atoms. The number of halogens is 1. The maximum atomic E-state index is 12.0. The van der Waals surface area contributed by atoms with Crippen molar-refractivity contribution in [2.75, 3.05) is 22.8 Å². The van der Waals surface area contributed by atoms with Crippen molar-refractivity contribution in [1.29, 1.82) is 0 Å². The van der Waals surface area contributed by atoms with E-state index in [1.54, 1.807) is 42.5 Å². The van der Waals surface area contributed by atoms with Crippen molar-refractivity contribution in [1.82, 2.24) is 0 Å². The Balaban J connectivity index is 1.93. The molecular weight excluding hydrogens is 356 g/mol. The molecule has 0 aliphatic rings. The van der Waals surface area contributed by atoms with Gasteiger partial charge in [-0.1, -0.05) is 24.3 Å². The summed E-state index contributed by atoms with van der Waals surface area (Å²) in [5, 5.41) is 0. The third-order valence-corrected chi connectivity index (χ3v) is 4.59. The number of nitrogens with two attached hydrogens (primary N) is 1. The number of ether oxygens (including phenoxy) is 1. The van der Waals surface area contributed by atoms with Gasteiger partial charge in [0.1, 0.15) is 18.1 Å². The number of nitrogen functional groups attached to an aromatic ring is 1. The van der Waals surface area contributed by atoms with Gasteiger partial charge >= 0.3 is 0 Å². The lowest BCUT2D eigenvalue weighted by molar-refractivity contribution is 0.343. The summed E-state index contributed by atoms with van der Waals surface area (Å²) < 4.78 is 32.5. The Kier molecular flexibility index (Phi) is 5.08. The summed E-state index contributed by atoms with van der Waals surface area (Å²) in [5.41, 5.74) is 6.69. The second-order valence-corrected chi connectivity index (χ2v) is 6.98. The van der Waals surface area contributed by atoms with Gasteiger partial charge < -0.3 is 10.5 Å². The summed E-state index contributed by atoms with van der Waals surface area (Å²) in [6.45, 7) is 0.0218. The summed E-state index contributed by atoms with van der Waals surface area (Å²) in [5.74, 6) is 0.316. The Morgan fingerprint density at radius 1 is 1.10 bits per heavy atom. The number of para-hydroxylation sites is 3. The van der Waals surface area contributed by atoms with Crippen LogP contribution in [0.4, 0.5) is 11.4 Å². The summed E-state index contributed by atoms with van der Waals surface area (Å²) >= 11 is 3.29. The molecular formula is C14H15BrN2O3S. The van der Waals surface area contributed by atoms with Crippen LogP contribution in [-0.2, 0) is 10.0 Å². The lowest BCUT2D eigenvalue weighted by Crippen LogP contribution is -2.21. The molecule has 2 aromatic rings. The molecule has 7 heteroatoms. The molecule has 5 nitrogen and oxygen atoms in total. The van der Waals surface area contributed by atoms with E-state index in [2.05, 4.69) is 20.7 Å². The molecule has 3 N–H and O–H groups in total. The van der Waals surface area contributed by atoms with Crippen molar-refractivity contribution >= 4 is 37.3 Å². The number of anilines is 2. The number of hydrogen-bond acceptors (Lipinski definition) is 4. The predicted molar refractivity (Wildman–Crippen MR) is 87.9 cm³/mol. The van der Waals surface area contributed by atoms with Gasteiger partial charge in [0.2, 0.25) is 10.0 Å². The SMILES string of the molecule is Nc1ccccc1OCCS(=O)(=O)Nc1ccccc1Br. The highest BCUT2D eigenvalue weighted by molar-refractivity contribution is 9.10. The van der Waals surface area contributed by atoms with Crippen LogP contribution < -0.4 is 15.2 Å². The first-order valence-electron chi connectivity index (χ1n) is 6.20. The topological polar surface area (TPSA) is 81.4 Å². The van der Waals surface area contributed by atoms with Crippen LogP contribution in [0.5, 0.6) is 5.75 Å². The van der Waals surface area contributed by atoms with Crippen LogP contribution in [0, 0.1) is 0 Å². The second kappa shape index (κ2) is 6.82. The highest BCUT2D eigenvalue weighted by Gasteiger charge is 2.12. The molecule has 0 radical (unpaired) electrons. The molecule has 0 aliphatic carbocycles. The molecule has 0 amide bonds. The molecule has 0 aromatic heterocycles. The minimum atomic E-state index is -3.49. The van der Waals surface area contributed by atoms with E-state index in [9.17, 15) is 8.42 Å². The number of sulfonamides is 1. The maximum absolute atomic E-state index is 12.0. The van der Waals surface area contributed by atoms with Crippen LogP contribution in [0.25, 0.3) is 0 Å². The van der Waals surface area contributed by atoms with E-state index in [1.807, 2.05) is 6.07 Å². The lowest BCUT2D eigenvalue weighted by atomic mass is 10.3. The van der Waals surface area contributed by atoms with Crippen LogP contribution in [0.3, 0.4) is 0 Å². The Bertz CT molecular complexity index is 720. The number of nitrogens with one attached hydrogen (secondary N) is 1. The summed E-state index contributed by atoms with van der Waals surface area (Å²) in [4.78, 5) is 0. The van der Waals surface area contributed by atoms with E-state index in [-0.39, 0.29) is 12.4 Å². The number of hydrogen-bond donors (Lipinski definition) is 2. The molecule has 0 fully saturated rings. The minimum Gasteiger partial charge on any atom is -0.490 e. The fourth-order valence-corrected chi connectivity index (χ4v) is 3.07. The molecule has 0 unspecified atom stereocenters. The van der Waals surface area contributed by atoms with Crippen LogP contribution in [-0.4, -0.2) is 20.8 Å². The smallest absolute Gasteiger partial charge is 0.236 e. The van der Waals surface area contributed by atoms with E-state index >= 15 is 0 Å². The number of benzene rings is 2. The summed E-state index contributed by atoms with van der Waals surface area (Å²) in [6.07, 6.45) is 0. The fraction of sp³-hybridized carbons (Fsp3) is 0.143. The van der Waals surface area contributed by atoms with E-state index in [0.717, 1.165) is 0 Å². The zero-order chi connectivity index (χ0) is 15.3. The van der Waals surface area contributed by atoms with Crippen molar-refractivity contribution in [3.8, 4) is 5.75 Å². The molecule has 21 heavy (non-hydrogen) atoms. The van der Waals surface area contributed by atoms with E-state index in [4.69, 9.17) is 10.5 Å². The third-order valence-electron chi connectivity index (χ3n) is 2.67. The van der Waals surface area contributed by atoms with Gasteiger partial charge in [0, 0.05) is 4.47 Å². The largest absolute Gasteiger partial charge is 0.490 e. The zero-order valence-electron chi connectivity index (χ0n) is 11.1. The number of rotatable bonds is 6. The second-order valence-electron chi connectivity index (χ2n) is 4.29. The van der Waals surface area contributed by atoms with Gasteiger partial charge in [-0.15, -0.1) is 0 Å². The Labute approximate surface area is 132 Å². The van der Waals surface area contributed by atoms with Crippen molar-refractivity contribution in [2.45, 2.75) is 0 Å². The Morgan fingerprint density at radius 3 is 2.48 bits per heavy atom. The highest BCUT2D eigenvalue weighted by atomic mass is 79.9. The third kappa shape index (κ3) is 4.64. The Morgan fingerprint density at radius 2 is 1.76 bits per heavy atom. The lowest BCUT2D eigenvalue weighted by Gasteiger charge is -2.11. The first kappa shape index (κ1) is 15.7. The molecule has 0 heterocycles. The van der Waals surface area contributed by atoms with Crippen molar-refractivity contribution in [3.63, 3.8) is 0 Å². The first-order chi connectivity index (χ1) is 9.98. The molecule has 112 valence electrons. The molecule has 0 spiro atoms. The molecule has 0 atom stereocenters. The van der Waals surface area contributed by atoms with E-state index in [1.165, 1.54) is 0 Å². The standard InChI is InChI=1S/C14H15BrN2O3S/c15-11-5-1-3-7-13(11)17-21(18,19)10-9-20-14-8-4-2-6-12(14)16/h1-8,17H,9-10,16H2. The fourth-order valence-electron chi connectivity index (χ4n) is 1.64. The quantitative estimate of drug-likeness (QED) is 0.766. The monoisotopic (exact) mass is 370 g/mol. The molecule has 2 rings (SSSR count). The Hall–Kier alpha value is -1.73. The van der Waals surface area contributed by atoms with Crippen LogP contribution >= 0.6 is 15.9 Å². The van der Waals surface area contributed by atoms with Crippen molar-refractivity contribution in [2.24, 2.45) is 0 Å². The van der Waals surface area contributed by atoms with Gasteiger partial charge in [-0.05, 0) is 40.2 Å². The van der Waals surface area contributed by atoms with Crippen molar-refractivity contribution in [3.05, 3.63) is 53.0 Å². The van der Waals surface area contributed by atoms with E-state index < -0.39 is 10.0 Å². The van der Waals surface area contributed by atoms with Crippen LogP contribution in [0.1, 0.15) is 0 Å². The average Bonchev–Trinajstić information content (AvgIpc) is 2.43. The first-order valence-corrected chi connectivity index (χ1v) is 8.65. The minimum absolute atomic E-state index is 0.0218. The van der Waals surface area contributed by atoms with Gasteiger partial charge in [-0.25, -0.2) is 8.42 Å². The highest BCUT2D eigenvalue weighted by Crippen LogP contribution is 2.23. The zero-order valence-corrected chi connectivity index (χ0v) is 13.5. The maximum Gasteiger partial charge on any atom is 0.236 e. The van der Waals surface area contributed by atoms with Gasteiger partial charge in [-0.2, -0.15) is 0 Å². The van der Waals surface area contributed by atoms with Gasteiger partial charge in [0.15, 0.2) is 0 Å². The van der Waals surface area contributed by atoms with Gasteiger partial charge in [0.25, 0.3) is 0 Å². The normalized spacial score (nSPS) is 11.1. The van der Waals surface area contributed by atoms with Crippen molar-refractivity contribution < 1.29 is 13.2 Å². The van der Waals surface area contributed by atoms with E-state index in [0.29, 0.717) is 21.6 Å². The predicted octanol–water partition coefficient (Wildman–Crippen LogP) is 2.85. The van der Waals surface area contributed by atoms with Gasteiger partial charge in [-0.3, -0.25) is 4.72 Å². The van der Waals surface area contributed by atoms with Crippen LogP contribution in [0.2, 0.25) is 0 Å². The molecule has 0 saturated carbocycles. The van der Waals surface area contributed by atoms with Gasteiger partial charge in [0.05, 0.1) is 11.4 Å². The van der Waals surface area contributed by atoms with Crippen LogP contribution in [0.15, 0.2) is 53.0 Å². The summed E-state index contributed by atoms with van der Waals surface area (Å²) in [6, 6.07) is 14.0. The average molecular weight is 371 g/mol. The molecule has 0 saturated heterocycles.